The van der Waals surface area contributed by atoms with Crippen LogP contribution in [0.15, 0.2) is 0 Å². The quantitative estimate of drug-likeness (QED) is 0.826. The highest BCUT2D eigenvalue weighted by Gasteiger charge is 2.20. The van der Waals surface area contributed by atoms with Gasteiger partial charge in [0, 0.05) is 38.2 Å². The predicted octanol–water partition coefficient (Wildman–Crippen LogP) is 0.585. The zero-order valence-electron chi connectivity index (χ0n) is 10.8. The Kier molecular flexibility index (Phi) is 3.58. The minimum Gasteiger partial charge on any atom is -0.376 e. The summed E-state index contributed by atoms with van der Waals surface area (Å²) < 4.78 is 5.59. The van der Waals surface area contributed by atoms with E-state index in [1.807, 2.05) is 6.07 Å². The molecule has 19 heavy (non-hydrogen) atoms. The molecule has 1 aromatic heterocycles. The summed E-state index contributed by atoms with van der Waals surface area (Å²) >= 11 is 0. The van der Waals surface area contributed by atoms with E-state index in [1.165, 1.54) is 0 Å². The van der Waals surface area contributed by atoms with Crippen LogP contribution in [0.25, 0.3) is 0 Å². The Morgan fingerprint density at radius 2 is 2.42 bits per heavy atom. The van der Waals surface area contributed by atoms with Gasteiger partial charge in [-0.1, -0.05) is 0 Å². The van der Waals surface area contributed by atoms with Crippen molar-refractivity contribution in [3.63, 3.8) is 0 Å². The monoisotopic (exact) mass is 259 g/mol. The third-order valence-electron chi connectivity index (χ3n) is 3.55. The van der Waals surface area contributed by atoms with Gasteiger partial charge in [-0.15, -0.1) is 0 Å². The first-order valence-corrected chi connectivity index (χ1v) is 6.73. The smallest absolute Gasteiger partial charge is 0.234 e. The van der Waals surface area contributed by atoms with Crippen LogP contribution in [-0.4, -0.2) is 35.8 Å². The first-order chi connectivity index (χ1) is 9.36. The molecule has 0 spiro atoms. The molecule has 1 atom stereocenters. The molecule has 0 saturated carbocycles. The molecular formula is C13H17N5O. The van der Waals surface area contributed by atoms with Crippen LogP contribution in [0.5, 0.6) is 0 Å². The highest BCUT2D eigenvalue weighted by Crippen LogP contribution is 2.21. The maximum absolute atomic E-state index is 9.00. The second-order valence-corrected chi connectivity index (χ2v) is 4.88. The van der Waals surface area contributed by atoms with Crippen molar-refractivity contribution in [2.24, 2.45) is 0 Å². The second-order valence-electron chi connectivity index (χ2n) is 4.88. The number of anilines is 1. The SMILES string of the molecule is N#Cc1nc2c(c(NCC3CCCO3)n1)CNCC2. The number of rotatable bonds is 3. The van der Waals surface area contributed by atoms with Crippen molar-refractivity contribution in [3.8, 4) is 6.07 Å². The molecule has 0 bridgehead atoms. The van der Waals surface area contributed by atoms with E-state index in [0.29, 0.717) is 0 Å². The number of hydrogen-bond acceptors (Lipinski definition) is 6. The van der Waals surface area contributed by atoms with E-state index in [4.69, 9.17) is 10.00 Å². The Labute approximate surface area is 112 Å². The lowest BCUT2D eigenvalue weighted by Crippen LogP contribution is -2.28. The average molecular weight is 259 g/mol. The maximum atomic E-state index is 9.00. The predicted molar refractivity (Wildman–Crippen MR) is 69.6 cm³/mol. The number of hydrogen-bond donors (Lipinski definition) is 2. The van der Waals surface area contributed by atoms with Crippen LogP contribution in [0, 0.1) is 11.3 Å². The highest BCUT2D eigenvalue weighted by molar-refractivity contribution is 5.49. The first kappa shape index (κ1) is 12.3. The van der Waals surface area contributed by atoms with Crippen LogP contribution >= 0.6 is 0 Å². The molecular weight excluding hydrogens is 242 g/mol. The van der Waals surface area contributed by atoms with Gasteiger partial charge >= 0.3 is 0 Å². The van der Waals surface area contributed by atoms with Crippen LogP contribution < -0.4 is 10.6 Å². The van der Waals surface area contributed by atoms with Gasteiger partial charge in [0.2, 0.25) is 5.82 Å². The van der Waals surface area contributed by atoms with Gasteiger partial charge in [0.15, 0.2) is 0 Å². The molecule has 6 nitrogen and oxygen atoms in total. The van der Waals surface area contributed by atoms with E-state index in [-0.39, 0.29) is 11.9 Å². The minimum atomic E-state index is 0.246. The van der Waals surface area contributed by atoms with Gasteiger partial charge in [-0.2, -0.15) is 5.26 Å². The summed E-state index contributed by atoms with van der Waals surface area (Å²) in [4.78, 5) is 8.58. The maximum Gasteiger partial charge on any atom is 0.234 e. The van der Waals surface area contributed by atoms with Crippen LogP contribution in [0.3, 0.4) is 0 Å². The van der Waals surface area contributed by atoms with E-state index >= 15 is 0 Å². The molecule has 1 saturated heterocycles. The first-order valence-electron chi connectivity index (χ1n) is 6.73. The Hall–Kier alpha value is -1.71. The van der Waals surface area contributed by atoms with E-state index in [2.05, 4.69) is 20.6 Å². The molecule has 1 unspecified atom stereocenters. The van der Waals surface area contributed by atoms with Crippen LogP contribution in [0.1, 0.15) is 29.9 Å². The van der Waals surface area contributed by atoms with Crippen molar-refractivity contribution in [1.29, 1.82) is 5.26 Å². The van der Waals surface area contributed by atoms with Crippen molar-refractivity contribution in [2.75, 3.05) is 25.0 Å². The third-order valence-corrected chi connectivity index (χ3v) is 3.55. The van der Waals surface area contributed by atoms with Gasteiger partial charge in [0.05, 0.1) is 11.8 Å². The summed E-state index contributed by atoms with van der Waals surface area (Å²) in [5, 5.41) is 15.6. The van der Waals surface area contributed by atoms with E-state index < -0.39 is 0 Å². The lowest BCUT2D eigenvalue weighted by atomic mass is 10.1. The van der Waals surface area contributed by atoms with Gasteiger partial charge in [0.1, 0.15) is 11.9 Å². The molecule has 3 heterocycles. The molecule has 3 rings (SSSR count). The van der Waals surface area contributed by atoms with Gasteiger partial charge in [-0.05, 0) is 12.8 Å². The average Bonchev–Trinajstić information content (AvgIpc) is 2.97. The Balaban J connectivity index is 1.80. The largest absolute Gasteiger partial charge is 0.376 e. The number of nitrogens with zero attached hydrogens (tertiary/aromatic N) is 3. The minimum absolute atomic E-state index is 0.246. The number of ether oxygens (including phenoxy) is 1. The number of aromatic nitrogens is 2. The Morgan fingerprint density at radius 3 is 3.21 bits per heavy atom. The Bertz CT molecular complexity index is 504. The summed E-state index contributed by atoms with van der Waals surface area (Å²) in [7, 11) is 0. The van der Waals surface area contributed by atoms with Crippen molar-refractivity contribution >= 4 is 5.82 Å². The topological polar surface area (TPSA) is 82.9 Å². The van der Waals surface area contributed by atoms with Gasteiger partial charge < -0.3 is 15.4 Å². The fraction of sp³-hybridized carbons (Fsp3) is 0.615. The van der Waals surface area contributed by atoms with Crippen molar-refractivity contribution in [2.45, 2.75) is 31.9 Å². The van der Waals surface area contributed by atoms with E-state index in [0.717, 1.165) is 62.6 Å². The van der Waals surface area contributed by atoms with Gasteiger partial charge in [-0.3, -0.25) is 0 Å². The second kappa shape index (κ2) is 5.51. The Morgan fingerprint density at radius 1 is 1.47 bits per heavy atom. The van der Waals surface area contributed by atoms with Crippen LogP contribution in [0.4, 0.5) is 5.82 Å². The van der Waals surface area contributed by atoms with E-state index in [1.54, 1.807) is 0 Å². The molecule has 0 radical (unpaired) electrons. The van der Waals surface area contributed by atoms with Crippen LogP contribution in [-0.2, 0) is 17.7 Å². The number of nitriles is 1. The van der Waals surface area contributed by atoms with Gasteiger partial charge in [0.25, 0.3) is 0 Å². The summed E-state index contributed by atoms with van der Waals surface area (Å²) in [6.07, 6.45) is 3.32. The lowest BCUT2D eigenvalue weighted by Gasteiger charge is -2.20. The molecule has 1 aromatic rings. The van der Waals surface area contributed by atoms with Crippen molar-refractivity contribution < 1.29 is 4.74 Å². The standard InChI is InChI=1S/C13H17N5O/c14-6-12-17-11-3-4-15-8-10(11)13(18-12)16-7-9-2-1-5-19-9/h9,15H,1-5,7-8H2,(H,16,17,18). The molecule has 0 aromatic carbocycles. The third kappa shape index (κ3) is 2.67. The summed E-state index contributed by atoms with van der Waals surface area (Å²) in [6, 6.07) is 2.03. The fourth-order valence-corrected chi connectivity index (χ4v) is 2.56. The zero-order valence-corrected chi connectivity index (χ0v) is 10.8. The molecule has 0 aliphatic carbocycles. The van der Waals surface area contributed by atoms with E-state index in [9.17, 15) is 0 Å². The summed E-state index contributed by atoms with van der Waals surface area (Å²) in [6.45, 7) is 3.25. The highest BCUT2D eigenvalue weighted by atomic mass is 16.5. The molecule has 6 heteroatoms. The zero-order chi connectivity index (χ0) is 13.1. The molecule has 2 aliphatic heterocycles. The van der Waals surface area contributed by atoms with Gasteiger partial charge in [-0.25, -0.2) is 9.97 Å². The molecule has 2 N–H and O–H groups in total. The summed E-state index contributed by atoms with van der Waals surface area (Å²) in [5.41, 5.74) is 2.07. The molecule has 2 aliphatic rings. The lowest BCUT2D eigenvalue weighted by molar-refractivity contribution is 0.120. The number of fused-ring (bicyclic) bond motifs is 1. The van der Waals surface area contributed by atoms with Crippen molar-refractivity contribution in [1.82, 2.24) is 15.3 Å². The summed E-state index contributed by atoms with van der Waals surface area (Å²) in [5.74, 6) is 1.03. The normalized spacial score (nSPS) is 21.7. The molecule has 1 fully saturated rings. The molecule has 0 amide bonds. The van der Waals surface area contributed by atoms with Crippen LogP contribution in [0.2, 0.25) is 0 Å². The van der Waals surface area contributed by atoms with Crippen molar-refractivity contribution in [3.05, 3.63) is 17.1 Å². The number of nitrogens with one attached hydrogen (secondary N) is 2. The molecule has 100 valence electrons. The fourth-order valence-electron chi connectivity index (χ4n) is 2.56.